The fraction of sp³-hybridized carbons (Fsp3) is 0.440. The number of hydrogen-bond acceptors (Lipinski definition) is 8. The van der Waals surface area contributed by atoms with E-state index in [1.807, 2.05) is 0 Å². The lowest BCUT2D eigenvalue weighted by Gasteiger charge is -2.35. The summed E-state index contributed by atoms with van der Waals surface area (Å²) >= 11 is 0. The number of amides is 2. The van der Waals surface area contributed by atoms with E-state index in [2.05, 4.69) is 10.2 Å². The molecule has 2 heterocycles. The van der Waals surface area contributed by atoms with Crippen molar-refractivity contribution in [3.8, 4) is 23.0 Å². The molecule has 1 atom stereocenters. The van der Waals surface area contributed by atoms with Gasteiger partial charge in [0.25, 0.3) is 11.8 Å². The van der Waals surface area contributed by atoms with Crippen molar-refractivity contribution in [1.29, 1.82) is 0 Å². The molecule has 0 aromatic heterocycles. The van der Waals surface area contributed by atoms with E-state index in [1.165, 1.54) is 21.3 Å². The van der Waals surface area contributed by atoms with Gasteiger partial charge in [0.1, 0.15) is 5.75 Å². The number of morpholine rings is 1. The van der Waals surface area contributed by atoms with Crippen LogP contribution in [-0.2, 0) is 9.53 Å². The first kappa shape index (κ1) is 24.6. The van der Waals surface area contributed by atoms with Gasteiger partial charge in [0, 0.05) is 37.4 Å². The van der Waals surface area contributed by atoms with Gasteiger partial charge in [-0.25, -0.2) is 0 Å². The van der Waals surface area contributed by atoms with Crippen molar-refractivity contribution in [3.05, 3.63) is 35.9 Å². The molecule has 0 radical (unpaired) electrons. The number of fused-ring (bicyclic) bond motifs is 1. The third kappa shape index (κ3) is 5.28. The Morgan fingerprint density at radius 1 is 1.03 bits per heavy atom. The Hall–Kier alpha value is -3.50. The highest BCUT2D eigenvalue weighted by Gasteiger charge is 2.32. The van der Waals surface area contributed by atoms with Gasteiger partial charge in [-0.1, -0.05) is 0 Å². The lowest BCUT2D eigenvalue weighted by Crippen LogP contribution is -2.48. The maximum absolute atomic E-state index is 13.1. The fourth-order valence-electron chi connectivity index (χ4n) is 4.20. The third-order valence-electron chi connectivity index (χ3n) is 6.10. The average Bonchev–Trinajstić information content (AvgIpc) is 2.88. The molecule has 10 nitrogen and oxygen atoms in total. The molecule has 188 valence electrons. The van der Waals surface area contributed by atoms with Gasteiger partial charge >= 0.3 is 0 Å². The molecule has 0 saturated carbocycles. The van der Waals surface area contributed by atoms with Gasteiger partial charge in [0.15, 0.2) is 17.6 Å². The van der Waals surface area contributed by atoms with E-state index in [-0.39, 0.29) is 11.8 Å². The second kappa shape index (κ2) is 10.8. The molecule has 35 heavy (non-hydrogen) atoms. The van der Waals surface area contributed by atoms with Gasteiger partial charge < -0.3 is 33.9 Å². The fourth-order valence-corrected chi connectivity index (χ4v) is 4.20. The number of anilines is 2. The van der Waals surface area contributed by atoms with Crippen LogP contribution < -0.4 is 29.2 Å². The van der Waals surface area contributed by atoms with Gasteiger partial charge in [-0.3, -0.25) is 14.5 Å². The lowest BCUT2D eigenvalue weighted by molar-refractivity contribution is -0.125. The molecule has 2 aliphatic heterocycles. The number of nitrogens with zero attached hydrogens (tertiary/aromatic N) is 2. The first-order valence-electron chi connectivity index (χ1n) is 11.5. The van der Waals surface area contributed by atoms with Gasteiger partial charge in [-0.2, -0.15) is 0 Å². The molecule has 0 spiro atoms. The third-order valence-corrected chi connectivity index (χ3v) is 6.10. The Morgan fingerprint density at radius 3 is 2.34 bits per heavy atom. The van der Waals surface area contributed by atoms with Crippen molar-refractivity contribution in [2.75, 3.05) is 70.9 Å². The number of hydrogen-bond donors (Lipinski definition) is 1. The number of carbonyl (C=O) groups is 2. The van der Waals surface area contributed by atoms with Crippen LogP contribution in [0.15, 0.2) is 30.3 Å². The molecule has 2 aliphatic rings. The Morgan fingerprint density at radius 2 is 1.71 bits per heavy atom. The lowest BCUT2D eigenvalue weighted by atomic mass is 10.1. The molecule has 10 heteroatoms. The summed E-state index contributed by atoms with van der Waals surface area (Å²) in [6, 6.07) is 8.44. The second-order valence-electron chi connectivity index (χ2n) is 8.25. The summed E-state index contributed by atoms with van der Waals surface area (Å²) in [6.07, 6.45) is -0.577. The summed E-state index contributed by atoms with van der Waals surface area (Å²) in [4.78, 5) is 30.0. The van der Waals surface area contributed by atoms with E-state index in [1.54, 1.807) is 42.2 Å². The number of nitrogens with one attached hydrogen (secondary N) is 1. The predicted octanol–water partition coefficient (Wildman–Crippen LogP) is 2.41. The zero-order valence-corrected chi connectivity index (χ0v) is 20.5. The molecule has 2 amide bonds. The van der Waals surface area contributed by atoms with Crippen LogP contribution in [-0.4, -0.2) is 83.5 Å². The van der Waals surface area contributed by atoms with Crippen molar-refractivity contribution in [2.24, 2.45) is 0 Å². The van der Waals surface area contributed by atoms with E-state index < -0.39 is 6.10 Å². The molecule has 4 rings (SSSR count). The van der Waals surface area contributed by atoms with E-state index in [4.69, 9.17) is 23.7 Å². The van der Waals surface area contributed by atoms with Crippen molar-refractivity contribution < 1.29 is 33.3 Å². The van der Waals surface area contributed by atoms with E-state index in [0.29, 0.717) is 59.7 Å². The first-order valence-corrected chi connectivity index (χ1v) is 11.5. The van der Waals surface area contributed by atoms with E-state index >= 15 is 0 Å². The molecule has 2 aromatic rings. The van der Waals surface area contributed by atoms with Gasteiger partial charge in [0.05, 0.1) is 40.2 Å². The highest BCUT2D eigenvalue weighted by molar-refractivity contribution is 6.06. The normalized spacial score (nSPS) is 17.9. The molecule has 1 fully saturated rings. The minimum Gasteiger partial charge on any atom is -0.493 e. The van der Waals surface area contributed by atoms with Crippen molar-refractivity contribution in [1.82, 2.24) is 4.90 Å². The summed E-state index contributed by atoms with van der Waals surface area (Å²) in [5.41, 5.74) is 1.50. The SMILES string of the molecule is COc1cc(C(=O)Nc2ccc3c(c2)N(CCN2CCOCC2)C(=O)C(C)O3)cc(OC)c1OC. The minimum absolute atomic E-state index is 0.112. The van der Waals surface area contributed by atoms with Crippen LogP contribution >= 0.6 is 0 Å². The summed E-state index contributed by atoms with van der Waals surface area (Å²) in [5.74, 6) is 1.29. The van der Waals surface area contributed by atoms with Crippen LogP contribution in [0.5, 0.6) is 23.0 Å². The summed E-state index contributed by atoms with van der Waals surface area (Å²) in [6.45, 7) is 6.06. The molecule has 1 N–H and O–H groups in total. The number of benzene rings is 2. The van der Waals surface area contributed by atoms with Crippen LogP contribution in [0, 0.1) is 0 Å². The Balaban J connectivity index is 1.55. The van der Waals surface area contributed by atoms with E-state index in [0.717, 1.165) is 19.6 Å². The highest BCUT2D eigenvalue weighted by Crippen LogP contribution is 2.39. The average molecular weight is 486 g/mol. The monoisotopic (exact) mass is 485 g/mol. The van der Waals surface area contributed by atoms with Gasteiger partial charge in [-0.15, -0.1) is 0 Å². The number of methoxy groups -OCH3 is 3. The Bertz CT molecular complexity index is 1060. The van der Waals surface area contributed by atoms with Crippen LogP contribution in [0.3, 0.4) is 0 Å². The number of carbonyl (C=O) groups excluding carboxylic acids is 2. The summed E-state index contributed by atoms with van der Waals surface area (Å²) < 4.78 is 27.3. The molecule has 1 saturated heterocycles. The number of rotatable bonds is 8. The van der Waals surface area contributed by atoms with Crippen molar-refractivity contribution >= 4 is 23.2 Å². The van der Waals surface area contributed by atoms with Crippen LogP contribution in [0.2, 0.25) is 0 Å². The molecular weight excluding hydrogens is 454 g/mol. The standard InChI is InChI=1S/C25H31N3O7/c1-16-25(30)28(8-7-27-9-11-34-12-10-27)19-15-18(5-6-20(19)35-16)26-24(29)17-13-21(31-2)23(33-4)22(14-17)32-3/h5-6,13-16H,7-12H2,1-4H3,(H,26,29). The zero-order chi connectivity index (χ0) is 24.9. The van der Waals surface area contributed by atoms with Gasteiger partial charge in [-0.05, 0) is 37.3 Å². The first-order chi connectivity index (χ1) is 16.9. The smallest absolute Gasteiger partial charge is 0.267 e. The van der Waals surface area contributed by atoms with Crippen molar-refractivity contribution in [3.63, 3.8) is 0 Å². The summed E-state index contributed by atoms with van der Waals surface area (Å²) in [5, 5.41) is 2.89. The van der Waals surface area contributed by atoms with Crippen molar-refractivity contribution in [2.45, 2.75) is 13.0 Å². The quantitative estimate of drug-likeness (QED) is 0.609. The topological polar surface area (TPSA) is 98.8 Å². The van der Waals surface area contributed by atoms with Gasteiger partial charge in [0.2, 0.25) is 5.75 Å². The maximum atomic E-state index is 13.1. The molecule has 1 unspecified atom stereocenters. The summed E-state index contributed by atoms with van der Waals surface area (Å²) in [7, 11) is 4.49. The second-order valence-corrected chi connectivity index (χ2v) is 8.25. The predicted molar refractivity (Wildman–Crippen MR) is 130 cm³/mol. The van der Waals surface area contributed by atoms with E-state index in [9.17, 15) is 9.59 Å². The largest absolute Gasteiger partial charge is 0.493 e. The van der Waals surface area contributed by atoms with Crippen LogP contribution in [0.1, 0.15) is 17.3 Å². The Kier molecular flexibility index (Phi) is 7.62. The molecular formula is C25H31N3O7. The zero-order valence-electron chi connectivity index (χ0n) is 20.5. The molecule has 0 aliphatic carbocycles. The maximum Gasteiger partial charge on any atom is 0.267 e. The highest BCUT2D eigenvalue weighted by atomic mass is 16.5. The van der Waals surface area contributed by atoms with Crippen LogP contribution in [0.4, 0.5) is 11.4 Å². The minimum atomic E-state index is -0.577. The molecule has 0 bridgehead atoms. The number of ether oxygens (including phenoxy) is 5. The molecule has 2 aromatic carbocycles. The van der Waals surface area contributed by atoms with Crippen LogP contribution in [0.25, 0.3) is 0 Å². The Labute approximate surface area is 204 Å².